The van der Waals surface area contributed by atoms with Gasteiger partial charge in [-0.1, -0.05) is 13.8 Å². The van der Waals surface area contributed by atoms with Gasteiger partial charge in [0.25, 0.3) is 0 Å². The van der Waals surface area contributed by atoms with Crippen LogP contribution in [-0.4, -0.2) is 36.8 Å². The summed E-state index contributed by atoms with van der Waals surface area (Å²) in [5, 5.41) is 2.83. The maximum atomic E-state index is 13.3. The van der Waals surface area contributed by atoms with Crippen molar-refractivity contribution in [2.24, 2.45) is 11.8 Å². The second-order valence-electron chi connectivity index (χ2n) is 5.76. The third-order valence-corrected chi connectivity index (χ3v) is 3.72. The molecule has 0 radical (unpaired) electrons. The Labute approximate surface area is 130 Å². The minimum atomic E-state index is -0.505. The number of nitrogens with zero attached hydrogens (tertiary/aromatic N) is 1. The van der Waals surface area contributed by atoms with E-state index in [0.29, 0.717) is 19.1 Å². The molecular formula is C16H23FN2O3. The van der Waals surface area contributed by atoms with Crippen LogP contribution in [-0.2, 0) is 9.53 Å². The number of pyridine rings is 1. The van der Waals surface area contributed by atoms with Crippen LogP contribution in [0.2, 0.25) is 0 Å². The van der Waals surface area contributed by atoms with Crippen LogP contribution in [0.5, 0.6) is 5.88 Å². The first kappa shape index (κ1) is 16.7. The molecule has 2 atom stereocenters. The zero-order valence-corrected chi connectivity index (χ0v) is 13.0. The number of carbonyl (C=O) groups excluding carboxylic acids is 1. The summed E-state index contributed by atoms with van der Waals surface area (Å²) in [6, 6.07) is 2.78. The maximum Gasteiger partial charge on any atom is 0.250 e. The summed E-state index contributed by atoms with van der Waals surface area (Å²) >= 11 is 0. The van der Waals surface area contributed by atoms with Gasteiger partial charge in [0.2, 0.25) is 11.8 Å². The van der Waals surface area contributed by atoms with Crippen LogP contribution in [0.3, 0.4) is 0 Å². The summed E-state index contributed by atoms with van der Waals surface area (Å²) < 4.78 is 24.2. The molecule has 6 heteroatoms. The molecule has 0 spiro atoms. The Bertz CT molecular complexity index is 496. The van der Waals surface area contributed by atoms with Crippen LogP contribution >= 0.6 is 0 Å². The van der Waals surface area contributed by atoms with Crippen LogP contribution in [0, 0.1) is 17.7 Å². The highest BCUT2D eigenvalue weighted by Crippen LogP contribution is 2.26. The van der Waals surface area contributed by atoms with Crippen molar-refractivity contribution in [1.82, 2.24) is 10.3 Å². The van der Waals surface area contributed by atoms with E-state index in [9.17, 15) is 9.18 Å². The molecule has 1 aliphatic heterocycles. The molecule has 1 saturated heterocycles. The summed E-state index contributed by atoms with van der Waals surface area (Å²) in [5.41, 5.74) is 0. The largest absolute Gasteiger partial charge is 0.474 e. The highest BCUT2D eigenvalue weighted by atomic mass is 19.1. The lowest BCUT2D eigenvalue weighted by Crippen LogP contribution is -2.44. The number of hydrogen-bond donors (Lipinski definition) is 1. The molecule has 1 aliphatic rings. The zero-order valence-electron chi connectivity index (χ0n) is 13.0. The second-order valence-corrected chi connectivity index (χ2v) is 5.76. The van der Waals surface area contributed by atoms with Crippen LogP contribution in [0.25, 0.3) is 0 Å². The molecule has 2 heterocycles. The average molecular weight is 310 g/mol. The Morgan fingerprint density at radius 2 is 2.41 bits per heavy atom. The fourth-order valence-electron chi connectivity index (χ4n) is 2.67. The van der Waals surface area contributed by atoms with Gasteiger partial charge in [-0.2, -0.15) is 0 Å². The number of carbonyl (C=O) groups is 1. The fourth-order valence-corrected chi connectivity index (χ4v) is 2.67. The van der Waals surface area contributed by atoms with E-state index in [1.807, 2.05) is 0 Å². The molecule has 22 heavy (non-hydrogen) atoms. The third kappa shape index (κ3) is 4.40. The molecule has 0 saturated carbocycles. The van der Waals surface area contributed by atoms with E-state index < -0.39 is 5.82 Å². The molecule has 1 aromatic heterocycles. The Morgan fingerprint density at radius 3 is 3.14 bits per heavy atom. The smallest absolute Gasteiger partial charge is 0.250 e. The summed E-state index contributed by atoms with van der Waals surface area (Å²) in [5.74, 6) is -0.397. The second kappa shape index (κ2) is 8.08. The van der Waals surface area contributed by atoms with Crippen molar-refractivity contribution in [2.45, 2.75) is 32.8 Å². The van der Waals surface area contributed by atoms with Crippen molar-refractivity contribution >= 4 is 5.91 Å². The lowest BCUT2D eigenvalue weighted by molar-refractivity contribution is -0.137. The van der Waals surface area contributed by atoms with Crippen LogP contribution in [0.4, 0.5) is 4.39 Å². The first-order valence-electron chi connectivity index (χ1n) is 7.72. The van der Waals surface area contributed by atoms with Crippen molar-refractivity contribution < 1.29 is 18.7 Å². The molecule has 0 bridgehead atoms. The minimum absolute atomic E-state index is 0.0245. The molecule has 0 aliphatic carbocycles. The van der Waals surface area contributed by atoms with Gasteiger partial charge in [-0.3, -0.25) is 4.79 Å². The highest BCUT2D eigenvalue weighted by molar-refractivity contribution is 5.79. The van der Waals surface area contributed by atoms with E-state index in [4.69, 9.17) is 9.47 Å². The van der Waals surface area contributed by atoms with Crippen molar-refractivity contribution in [3.05, 3.63) is 24.1 Å². The van der Waals surface area contributed by atoms with Crippen LogP contribution in [0.1, 0.15) is 26.7 Å². The Kier molecular flexibility index (Phi) is 6.12. The number of halogens is 1. The third-order valence-electron chi connectivity index (χ3n) is 3.72. The molecule has 1 amide bonds. The van der Waals surface area contributed by atoms with Crippen molar-refractivity contribution in [1.29, 1.82) is 0 Å². The molecule has 1 fully saturated rings. The van der Waals surface area contributed by atoms with E-state index in [-0.39, 0.29) is 30.4 Å². The maximum absolute atomic E-state index is 13.3. The number of aromatic nitrogens is 1. The molecule has 0 aromatic carbocycles. The predicted molar refractivity (Wildman–Crippen MR) is 80.0 cm³/mol. The van der Waals surface area contributed by atoms with Crippen LogP contribution in [0.15, 0.2) is 18.3 Å². The molecule has 0 unspecified atom stereocenters. The van der Waals surface area contributed by atoms with Gasteiger partial charge in [-0.05, 0) is 30.9 Å². The molecule has 122 valence electrons. The van der Waals surface area contributed by atoms with Gasteiger partial charge in [0.05, 0.1) is 18.6 Å². The normalized spacial score (nSPS) is 21.6. The fraction of sp³-hybridized carbons (Fsp3) is 0.625. The first-order chi connectivity index (χ1) is 10.6. The Hall–Kier alpha value is -1.69. The summed E-state index contributed by atoms with van der Waals surface area (Å²) in [7, 11) is 0. The van der Waals surface area contributed by atoms with E-state index >= 15 is 0 Å². The molecule has 5 nitrogen and oxygen atoms in total. The van der Waals surface area contributed by atoms with Gasteiger partial charge >= 0.3 is 0 Å². The predicted octanol–water partition coefficient (Wildman–Crippen LogP) is 2.17. The zero-order chi connectivity index (χ0) is 15.9. The number of hydrogen-bond acceptors (Lipinski definition) is 4. The number of rotatable bonds is 6. The van der Waals surface area contributed by atoms with Gasteiger partial charge < -0.3 is 14.8 Å². The summed E-state index contributed by atoms with van der Waals surface area (Å²) in [6.45, 7) is 5.33. The molecule has 1 N–H and O–H groups in total. The van der Waals surface area contributed by atoms with Gasteiger partial charge in [0.15, 0.2) is 5.82 Å². The quantitative estimate of drug-likeness (QED) is 0.818. The first-order valence-corrected chi connectivity index (χ1v) is 7.72. The number of ether oxygens (including phenoxy) is 2. The van der Waals surface area contributed by atoms with Crippen LogP contribution < -0.4 is 10.1 Å². The van der Waals surface area contributed by atoms with Crippen molar-refractivity contribution in [3.8, 4) is 5.88 Å². The Balaban J connectivity index is 1.76. The van der Waals surface area contributed by atoms with E-state index in [0.717, 1.165) is 12.8 Å². The highest BCUT2D eigenvalue weighted by Gasteiger charge is 2.33. The Morgan fingerprint density at radius 1 is 1.59 bits per heavy atom. The van der Waals surface area contributed by atoms with E-state index in [2.05, 4.69) is 24.1 Å². The number of amides is 1. The molecule has 1 aromatic rings. The summed E-state index contributed by atoms with van der Waals surface area (Å²) in [6.07, 6.45) is 3.16. The van der Waals surface area contributed by atoms with Gasteiger partial charge in [0, 0.05) is 12.8 Å². The molecule has 2 rings (SSSR count). The monoisotopic (exact) mass is 310 g/mol. The van der Waals surface area contributed by atoms with Crippen molar-refractivity contribution in [3.63, 3.8) is 0 Å². The average Bonchev–Trinajstić information content (AvgIpc) is 2.52. The molecular weight excluding hydrogens is 287 g/mol. The topological polar surface area (TPSA) is 60.5 Å². The van der Waals surface area contributed by atoms with E-state index in [1.54, 1.807) is 0 Å². The lowest BCUT2D eigenvalue weighted by atomic mass is 9.87. The van der Waals surface area contributed by atoms with E-state index in [1.165, 1.54) is 18.3 Å². The van der Waals surface area contributed by atoms with Gasteiger partial charge in [0.1, 0.15) is 6.61 Å². The van der Waals surface area contributed by atoms with Crippen molar-refractivity contribution in [2.75, 3.05) is 19.8 Å². The lowest BCUT2D eigenvalue weighted by Gasteiger charge is -2.33. The standard InChI is InChI=1S/C16H23FN2O3/c1-11(2)14-12(5-4-9-21-14)15(20)18-8-10-22-16-13(17)6-3-7-19-16/h3,6-7,11-12,14H,4-5,8-10H2,1-2H3,(H,18,20)/t12-,14-/m0/s1. The number of nitrogens with one attached hydrogen (secondary N) is 1. The van der Waals surface area contributed by atoms with Gasteiger partial charge in [-0.25, -0.2) is 9.37 Å². The van der Waals surface area contributed by atoms with Gasteiger partial charge in [-0.15, -0.1) is 0 Å². The SMILES string of the molecule is CC(C)[C@@H]1OCCC[C@@H]1C(=O)NCCOc1ncccc1F. The minimum Gasteiger partial charge on any atom is -0.474 e. The summed E-state index contributed by atoms with van der Waals surface area (Å²) in [4.78, 5) is 16.0.